The highest BCUT2D eigenvalue weighted by Crippen LogP contribution is 2.21. The predicted octanol–water partition coefficient (Wildman–Crippen LogP) is 2.88. The summed E-state index contributed by atoms with van der Waals surface area (Å²) in [5.74, 6) is 0. The summed E-state index contributed by atoms with van der Waals surface area (Å²) in [5.41, 5.74) is 6.65. The summed E-state index contributed by atoms with van der Waals surface area (Å²) in [6.45, 7) is 1.94. The molecule has 0 fully saturated rings. The van der Waals surface area contributed by atoms with E-state index >= 15 is 0 Å². The van der Waals surface area contributed by atoms with E-state index in [1.165, 1.54) is 0 Å². The van der Waals surface area contributed by atoms with Gasteiger partial charge in [-0.05, 0) is 37.1 Å². The van der Waals surface area contributed by atoms with E-state index in [-0.39, 0.29) is 6.04 Å². The van der Waals surface area contributed by atoms with Crippen molar-refractivity contribution in [3.05, 3.63) is 33.8 Å². The highest BCUT2D eigenvalue weighted by molar-refractivity contribution is 6.33. The van der Waals surface area contributed by atoms with Gasteiger partial charge < -0.3 is 5.73 Å². The molecule has 0 aliphatic heterocycles. The molecule has 0 saturated carbocycles. The SMILES string of the molecule is CC(N)Cc1cc(Cl)ccc1Cl. The van der Waals surface area contributed by atoms with Crippen LogP contribution in [0, 0.1) is 0 Å². The van der Waals surface area contributed by atoms with Crippen LogP contribution in [0.2, 0.25) is 10.0 Å². The van der Waals surface area contributed by atoms with Gasteiger partial charge in [-0.1, -0.05) is 23.2 Å². The number of rotatable bonds is 2. The maximum absolute atomic E-state index is 5.93. The van der Waals surface area contributed by atoms with Crippen LogP contribution in [0.15, 0.2) is 18.2 Å². The molecule has 0 heterocycles. The van der Waals surface area contributed by atoms with Crippen molar-refractivity contribution < 1.29 is 0 Å². The quantitative estimate of drug-likeness (QED) is 0.787. The Morgan fingerprint density at radius 1 is 1.42 bits per heavy atom. The van der Waals surface area contributed by atoms with Gasteiger partial charge >= 0.3 is 0 Å². The topological polar surface area (TPSA) is 26.0 Å². The molecule has 0 aliphatic rings. The Morgan fingerprint density at radius 2 is 2.08 bits per heavy atom. The maximum Gasteiger partial charge on any atom is 0.0439 e. The van der Waals surface area contributed by atoms with Crippen molar-refractivity contribution in [1.29, 1.82) is 0 Å². The number of benzene rings is 1. The van der Waals surface area contributed by atoms with Crippen LogP contribution < -0.4 is 5.73 Å². The van der Waals surface area contributed by atoms with E-state index in [4.69, 9.17) is 28.9 Å². The monoisotopic (exact) mass is 203 g/mol. The molecule has 2 N–H and O–H groups in total. The molecule has 0 aliphatic carbocycles. The van der Waals surface area contributed by atoms with E-state index in [0.717, 1.165) is 17.0 Å². The van der Waals surface area contributed by atoms with Crippen LogP contribution in [0.25, 0.3) is 0 Å². The third-order valence-electron chi connectivity index (χ3n) is 1.55. The average molecular weight is 204 g/mol. The van der Waals surface area contributed by atoms with Crippen LogP contribution in [0.5, 0.6) is 0 Å². The van der Waals surface area contributed by atoms with Gasteiger partial charge in [-0.3, -0.25) is 0 Å². The van der Waals surface area contributed by atoms with E-state index in [1.54, 1.807) is 12.1 Å². The molecule has 1 nitrogen and oxygen atoms in total. The summed E-state index contributed by atoms with van der Waals surface area (Å²) in [5, 5.41) is 1.44. The van der Waals surface area contributed by atoms with E-state index < -0.39 is 0 Å². The Kier molecular flexibility index (Phi) is 3.39. The van der Waals surface area contributed by atoms with Crippen LogP contribution in [0.3, 0.4) is 0 Å². The smallest absolute Gasteiger partial charge is 0.0439 e. The van der Waals surface area contributed by atoms with Gasteiger partial charge in [0.1, 0.15) is 0 Å². The molecular formula is C9H11Cl2N. The van der Waals surface area contributed by atoms with Gasteiger partial charge in [0.05, 0.1) is 0 Å². The Morgan fingerprint density at radius 3 is 2.67 bits per heavy atom. The first-order valence-electron chi connectivity index (χ1n) is 3.79. The fraction of sp³-hybridized carbons (Fsp3) is 0.333. The fourth-order valence-corrected chi connectivity index (χ4v) is 1.44. The van der Waals surface area contributed by atoms with Crippen LogP contribution >= 0.6 is 23.2 Å². The number of halogens is 2. The van der Waals surface area contributed by atoms with E-state index in [2.05, 4.69) is 0 Å². The lowest BCUT2D eigenvalue weighted by atomic mass is 10.1. The molecule has 3 heteroatoms. The molecule has 0 aromatic heterocycles. The molecule has 0 saturated heterocycles. The first-order chi connectivity index (χ1) is 5.59. The van der Waals surface area contributed by atoms with Crippen molar-refractivity contribution in [3.8, 4) is 0 Å². The van der Waals surface area contributed by atoms with Gasteiger partial charge in [0.15, 0.2) is 0 Å². The molecule has 1 unspecified atom stereocenters. The van der Waals surface area contributed by atoms with E-state index in [9.17, 15) is 0 Å². The molecule has 0 amide bonds. The predicted molar refractivity (Wildman–Crippen MR) is 53.8 cm³/mol. The van der Waals surface area contributed by atoms with Crippen molar-refractivity contribution in [3.63, 3.8) is 0 Å². The molecule has 1 aromatic carbocycles. The normalized spacial score (nSPS) is 13.0. The molecule has 1 atom stereocenters. The van der Waals surface area contributed by atoms with Crippen molar-refractivity contribution in [2.24, 2.45) is 5.73 Å². The molecular weight excluding hydrogens is 193 g/mol. The first kappa shape index (κ1) is 9.85. The first-order valence-corrected chi connectivity index (χ1v) is 4.54. The molecule has 0 spiro atoms. The zero-order valence-electron chi connectivity index (χ0n) is 6.85. The Hall–Kier alpha value is -0.240. The zero-order valence-corrected chi connectivity index (χ0v) is 8.36. The number of nitrogens with two attached hydrogens (primary N) is 1. The summed E-state index contributed by atoms with van der Waals surface area (Å²) >= 11 is 11.7. The molecule has 66 valence electrons. The van der Waals surface area contributed by atoms with Crippen LogP contribution in [-0.4, -0.2) is 6.04 Å². The lowest BCUT2D eigenvalue weighted by Gasteiger charge is -2.07. The lowest BCUT2D eigenvalue weighted by Crippen LogP contribution is -2.17. The van der Waals surface area contributed by atoms with Crippen molar-refractivity contribution >= 4 is 23.2 Å². The van der Waals surface area contributed by atoms with Crippen molar-refractivity contribution in [2.45, 2.75) is 19.4 Å². The second-order valence-corrected chi connectivity index (χ2v) is 3.76. The average Bonchev–Trinajstić information content (AvgIpc) is 1.96. The third-order valence-corrected chi connectivity index (χ3v) is 2.15. The van der Waals surface area contributed by atoms with E-state index in [1.807, 2.05) is 13.0 Å². The van der Waals surface area contributed by atoms with Crippen LogP contribution in [0.4, 0.5) is 0 Å². The Bertz CT molecular complexity index is 271. The van der Waals surface area contributed by atoms with Crippen molar-refractivity contribution in [1.82, 2.24) is 0 Å². The molecule has 0 bridgehead atoms. The molecule has 1 aromatic rings. The second kappa shape index (κ2) is 4.13. The molecule has 1 rings (SSSR count). The van der Waals surface area contributed by atoms with Gasteiger partial charge in [0.25, 0.3) is 0 Å². The largest absolute Gasteiger partial charge is 0.328 e. The summed E-state index contributed by atoms with van der Waals surface area (Å²) in [4.78, 5) is 0. The van der Waals surface area contributed by atoms with Gasteiger partial charge in [0, 0.05) is 16.1 Å². The van der Waals surface area contributed by atoms with Crippen LogP contribution in [-0.2, 0) is 6.42 Å². The third kappa shape index (κ3) is 2.67. The highest BCUT2D eigenvalue weighted by atomic mass is 35.5. The van der Waals surface area contributed by atoms with Crippen molar-refractivity contribution in [2.75, 3.05) is 0 Å². The highest BCUT2D eigenvalue weighted by Gasteiger charge is 2.03. The summed E-state index contributed by atoms with van der Waals surface area (Å²) in [6, 6.07) is 5.53. The molecule has 12 heavy (non-hydrogen) atoms. The summed E-state index contributed by atoms with van der Waals surface area (Å²) in [7, 11) is 0. The zero-order chi connectivity index (χ0) is 9.14. The summed E-state index contributed by atoms with van der Waals surface area (Å²) < 4.78 is 0. The standard InChI is InChI=1S/C9H11Cl2N/c1-6(12)4-7-5-8(10)2-3-9(7)11/h2-3,5-6H,4,12H2,1H3. The minimum absolute atomic E-state index is 0.112. The Labute approximate surface area is 82.5 Å². The lowest BCUT2D eigenvalue weighted by molar-refractivity contribution is 0.738. The van der Waals surface area contributed by atoms with Crippen LogP contribution in [0.1, 0.15) is 12.5 Å². The van der Waals surface area contributed by atoms with Gasteiger partial charge in [-0.2, -0.15) is 0 Å². The summed E-state index contributed by atoms with van der Waals surface area (Å²) in [6.07, 6.45) is 0.763. The second-order valence-electron chi connectivity index (χ2n) is 2.92. The van der Waals surface area contributed by atoms with E-state index in [0.29, 0.717) is 5.02 Å². The fourth-order valence-electron chi connectivity index (χ4n) is 1.05. The molecule has 0 radical (unpaired) electrons. The Balaban J connectivity index is 2.90. The van der Waals surface area contributed by atoms with Gasteiger partial charge in [-0.15, -0.1) is 0 Å². The minimum atomic E-state index is 0.112. The number of hydrogen-bond acceptors (Lipinski definition) is 1. The van der Waals surface area contributed by atoms with Gasteiger partial charge in [0.2, 0.25) is 0 Å². The maximum atomic E-state index is 5.93. The van der Waals surface area contributed by atoms with Gasteiger partial charge in [-0.25, -0.2) is 0 Å². The number of hydrogen-bond donors (Lipinski definition) is 1. The minimum Gasteiger partial charge on any atom is -0.328 e.